The van der Waals surface area contributed by atoms with Gasteiger partial charge in [-0.3, -0.25) is 0 Å². The lowest BCUT2D eigenvalue weighted by atomic mass is 9.94. The zero-order valence-corrected chi connectivity index (χ0v) is 8.98. The van der Waals surface area contributed by atoms with Gasteiger partial charge in [0, 0.05) is 5.56 Å². The van der Waals surface area contributed by atoms with Crippen molar-refractivity contribution >= 4 is 0 Å². The van der Waals surface area contributed by atoms with Gasteiger partial charge in [0.05, 0.1) is 12.5 Å². The van der Waals surface area contributed by atoms with E-state index < -0.39 is 6.10 Å². The lowest BCUT2D eigenvalue weighted by Crippen LogP contribution is -2.02. The van der Waals surface area contributed by atoms with Gasteiger partial charge in [-0.25, -0.2) is 0 Å². The van der Waals surface area contributed by atoms with E-state index >= 15 is 0 Å². The third-order valence-corrected chi connectivity index (χ3v) is 3.04. The summed E-state index contributed by atoms with van der Waals surface area (Å²) >= 11 is 0. The number of hydrogen-bond acceptors (Lipinski definition) is 2. The van der Waals surface area contributed by atoms with E-state index in [1.54, 1.807) is 12.5 Å². The van der Waals surface area contributed by atoms with Crippen LogP contribution < -0.4 is 0 Å². The summed E-state index contributed by atoms with van der Waals surface area (Å²) in [5.74, 6) is 0. The lowest BCUT2D eigenvalue weighted by molar-refractivity contribution is 0.208. The minimum Gasteiger partial charge on any atom is -0.472 e. The van der Waals surface area contributed by atoms with Crippen LogP contribution in [0.4, 0.5) is 0 Å². The molecule has 2 rings (SSSR count). The number of aliphatic hydroxyl groups excluding tert-OH is 1. The fourth-order valence-corrected chi connectivity index (χ4v) is 2.11. The number of aliphatic hydroxyl groups is 1. The summed E-state index contributed by atoms with van der Waals surface area (Å²) in [6, 6.07) is 1.84. The Bertz CT molecular complexity index is 311. The van der Waals surface area contributed by atoms with Gasteiger partial charge in [-0.2, -0.15) is 0 Å². The van der Waals surface area contributed by atoms with E-state index in [2.05, 4.69) is 6.08 Å². The molecule has 0 radical (unpaired) electrons. The predicted molar refractivity (Wildman–Crippen MR) is 59.5 cm³/mol. The van der Waals surface area contributed by atoms with Crippen LogP contribution in [0.5, 0.6) is 0 Å². The fraction of sp³-hybridized carbons (Fsp3) is 0.538. The molecule has 0 fully saturated rings. The van der Waals surface area contributed by atoms with Crippen LogP contribution in [0.15, 0.2) is 34.7 Å². The standard InChI is InChI=1S/C13H18O2/c14-13(12-8-9-15-10-12)11-6-4-2-1-3-5-7-11/h6,8-10,13-14H,1-5,7H2/b11-6+. The molecule has 0 aliphatic heterocycles. The monoisotopic (exact) mass is 206 g/mol. The summed E-state index contributed by atoms with van der Waals surface area (Å²) in [7, 11) is 0. The molecule has 2 heteroatoms. The minimum absolute atomic E-state index is 0.457. The van der Waals surface area contributed by atoms with Crippen LogP contribution in [0.2, 0.25) is 0 Å². The van der Waals surface area contributed by atoms with Gasteiger partial charge >= 0.3 is 0 Å². The molecule has 0 saturated carbocycles. The van der Waals surface area contributed by atoms with Gasteiger partial charge in [0.1, 0.15) is 6.10 Å². The third kappa shape index (κ3) is 2.72. The second-order valence-electron chi connectivity index (χ2n) is 4.19. The van der Waals surface area contributed by atoms with E-state index in [0.29, 0.717) is 0 Å². The predicted octanol–water partition coefficient (Wildman–Crippen LogP) is 3.59. The maximum absolute atomic E-state index is 10.1. The van der Waals surface area contributed by atoms with Crippen molar-refractivity contribution in [3.8, 4) is 0 Å². The first kappa shape index (κ1) is 10.5. The van der Waals surface area contributed by atoms with E-state index in [0.717, 1.165) is 24.0 Å². The van der Waals surface area contributed by atoms with Crippen LogP contribution in [0, 0.1) is 0 Å². The molecule has 1 unspecified atom stereocenters. The van der Waals surface area contributed by atoms with Crippen molar-refractivity contribution in [3.05, 3.63) is 35.8 Å². The first-order valence-corrected chi connectivity index (χ1v) is 5.77. The van der Waals surface area contributed by atoms with Crippen molar-refractivity contribution in [1.29, 1.82) is 0 Å². The lowest BCUT2D eigenvalue weighted by Gasteiger charge is -2.16. The van der Waals surface area contributed by atoms with Crippen molar-refractivity contribution in [2.45, 2.75) is 44.6 Å². The Hall–Kier alpha value is -1.02. The van der Waals surface area contributed by atoms with Crippen LogP contribution in [0.3, 0.4) is 0 Å². The summed E-state index contributed by atoms with van der Waals surface area (Å²) in [5.41, 5.74) is 2.04. The molecule has 1 heterocycles. The molecule has 0 aromatic carbocycles. The van der Waals surface area contributed by atoms with Gasteiger partial charge in [0.15, 0.2) is 0 Å². The first-order chi connectivity index (χ1) is 7.38. The summed E-state index contributed by atoms with van der Waals surface area (Å²) in [4.78, 5) is 0. The van der Waals surface area contributed by atoms with Crippen molar-refractivity contribution < 1.29 is 9.52 Å². The maximum Gasteiger partial charge on any atom is 0.103 e. The molecular weight excluding hydrogens is 188 g/mol. The molecule has 1 aromatic rings. The molecule has 2 nitrogen and oxygen atoms in total. The Balaban J connectivity index is 2.07. The molecule has 0 bridgehead atoms. The highest BCUT2D eigenvalue weighted by molar-refractivity contribution is 5.22. The summed E-state index contributed by atoms with van der Waals surface area (Å²) < 4.78 is 5.00. The summed E-state index contributed by atoms with van der Waals surface area (Å²) in [6.07, 6.45) is 12.2. The van der Waals surface area contributed by atoms with Gasteiger partial charge in [-0.05, 0) is 37.3 Å². The number of allylic oxidation sites excluding steroid dienone is 1. The molecule has 0 amide bonds. The Kier molecular flexibility index (Phi) is 3.62. The smallest absolute Gasteiger partial charge is 0.103 e. The van der Waals surface area contributed by atoms with E-state index in [9.17, 15) is 5.11 Å². The highest BCUT2D eigenvalue weighted by Crippen LogP contribution is 2.28. The van der Waals surface area contributed by atoms with E-state index in [-0.39, 0.29) is 0 Å². The first-order valence-electron chi connectivity index (χ1n) is 5.77. The molecule has 1 aliphatic rings. The molecule has 0 spiro atoms. The molecule has 15 heavy (non-hydrogen) atoms. The van der Waals surface area contributed by atoms with Crippen LogP contribution in [0.25, 0.3) is 0 Å². The van der Waals surface area contributed by atoms with Crippen molar-refractivity contribution in [2.24, 2.45) is 0 Å². The molecule has 0 saturated heterocycles. The average Bonchev–Trinajstić information content (AvgIpc) is 2.68. The summed E-state index contributed by atoms with van der Waals surface area (Å²) in [6.45, 7) is 0. The zero-order chi connectivity index (χ0) is 10.5. The third-order valence-electron chi connectivity index (χ3n) is 3.04. The zero-order valence-electron chi connectivity index (χ0n) is 8.98. The minimum atomic E-state index is -0.457. The van der Waals surface area contributed by atoms with Crippen LogP contribution in [-0.4, -0.2) is 5.11 Å². The highest BCUT2D eigenvalue weighted by Gasteiger charge is 2.14. The Labute approximate surface area is 90.6 Å². The van der Waals surface area contributed by atoms with Crippen LogP contribution in [0.1, 0.15) is 50.2 Å². The normalized spacial score (nSPS) is 23.7. The Morgan fingerprint density at radius 2 is 2.07 bits per heavy atom. The SMILES string of the molecule is OC(/C1=C/CCCCCC1)c1ccoc1. The number of hydrogen-bond donors (Lipinski definition) is 1. The number of furan rings is 1. The second kappa shape index (κ2) is 5.17. The number of rotatable bonds is 2. The second-order valence-corrected chi connectivity index (χ2v) is 4.19. The quantitative estimate of drug-likeness (QED) is 0.750. The maximum atomic E-state index is 10.1. The molecule has 1 aliphatic carbocycles. The molecule has 82 valence electrons. The van der Waals surface area contributed by atoms with E-state index in [4.69, 9.17) is 4.42 Å². The Morgan fingerprint density at radius 1 is 1.20 bits per heavy atom. The molecule has 1 N–H and O–H groups in total. The molecule has 1 aromatic heterocycles. The average molecular weight is 206 g/mol. The molecule has 1 atom stereocenters. The van der Waals surface area contributed by atoms with Gasteiger partial charge in [-0.1, -0.05) is 18.9 Å². The Morgan fingerprint density at radius 3 is 2.87 bits per heavy atom. The molecular formula is C13H18O2. The highest BCUT2D eigenvalue weighted by atomic mass is 16.3. The van der Waals surface area contributed by atoms with Crippen molar-refractivity contribution in [2.75, 3.05) is 0 Å². The van der Waals surface area contributed by atoms with Crippen molar-refractivity contribution in [3.63, 3.8) is 0 Å². The van der Waals surface area contributed by atoms with E-state index in [1.807, 2.05) is 6.07 Å². The van der Waals surface area contributed by atoms with Crippen molar-refractivity contribution in [1.82, 2.24) is 0 Å². The van der Waals surface area contributed by atoms with Gasteiger partial charge < -0.3 is 9.52 Å². The van der Waals surface area contributed by atoms with E-state index in [1.165, 1.54) is 25.7 Å². The largest absolute Gasteiger partial charge is 0.472 e. The topological polar surface area (TPSA) is 33.4 Å². The van der Waals surface area contributed by atoms with Crippen LogP contribution in [-0.2, 0) is 0 Å². The van der Waals surface area contributed by atoms with Gasteiger partial charge in [0.25, 0.3) is 0 Å². The summed E-state index contributed by atoms with van der Waals surface area (Å²) in [5, 5.41) is 10.1. The van der Waals surface area contributed by atoms with Gasteiger partial charge in [-0.15, -0.1) is 0 Å². The fourth-order valence-electron chi connectivity index (χ4n) is 2.11. The van der Waals surface area contributed by atoms with Gasteiger partial charge in [0.2, 0.25) is 0 Å². The van der Waals surface area contributed by atoms with Crippen LogP contribution >= 0.6 is 0 Å².